The van der Waals surface area contributed by atoms with E-state index in [0.29, 0.717) is 0 Å². The van der Waals surface area contributed by atoms with E-state index in [2.05, 4.69) is 17.2 Å². The van der Waals surface area contributed by atoms with E-state index >= 15 is 0 Å². The summed E-state index contributed by atoms with van der Waals surface area (Å²) in [7, 11) is 0. The van der Waals surface area contributed by atoms with E-state index in [1.165, 1.54) is 11.1 Å². The van der Waals surface area contributed by atoms with Crippen LogP contribution < -0.4 is 5.32 Å². The Labute approximate surface area is 77.0 Å². The Balaban J connectivity index is 2.67. The third-order valence-corrected chi connectivity index (χ3v) is 2.90. The summed E-state index contributed by atoms with van der Waals surface area (Å²) in [5.41, 5.74) is 4.57. The molecule has 64 valence electrons. The molecule has 0 atom stereocenters. The molecule has 2 nitrogen and oxygen atoms in total. The van der Waals surface area contributed by atoms with Gasteiger partial charge in [0.2, 0.25) is 0 Å². The Morgan fingerprint density at radius 2 is 2.08 bits per heavy atom. The van der Waals surface area contributed by atoms with Crippen molar-refractivity contribution in [2.24, 2.45) is 0 Å². The van der Waals surface area contributed by atoms with E-state index in [1.807, 2.05) is 6.92 Å². The van der Waals surface area contributed by atoms with Gasteiger partial charge in [-0.2, -0.15) is 0 Å². The molecule has 1 aromatic heterocycles. The molecule has 0 fully saturated rings. The highest BCUT2D eigenvalue weighted by atomic mass is 35.5. The minimum absolute atomic E-state index is 0.817. The fourth-order valence-corrected chi connectivity index (χ4v) is 1.78. The maximum atomic E-state index is 6.07. The zero-order chi connectivity index (χ0) is 8.72. The molecule has 0 saturated carbocycles. The molecule has 0 saturated heterocycles. The molecule has 1 N–H and O–H groups in total. The van der Waals surface area contributed by atoms with Crippen molar-refractivity contribution in [2.75, 3.05) is 0 Å². The predicted octanol–water partition coefficient (Wildman–Crippen LogP) is 1.96. The van der Waals surface area contributed by atoms with Crippen LogP contribution in [0.4, 0.5) is 0 Å². The Morgan fingerprint density at radius 3 is 2.83 bits per heavy atom. The normalized spacial score (nSPS) is 14.9. The van der Waals surface area contributed by atoms with Crippen LogP contribution in [0.1, 0.15) is 22.5 Å². The van der Waals surface area contributed by atoms with Gasteiger partial charge in [-0.05, 0) is 25.0 Å². The largest absolute Gasteiger partial charge is 0.307 e. The van der Waals surface area contributed by atoms with Crippen LogP contribution in [-0.2, 0) is 13.1 Å². The summed E-state index contributed by atoms with van der Waals surface area (Å²) < 4.78 is 0. The zero-order valence-corrected chi connectivity index (χ0v) is 8.00. The first-order valence-electron chi connectivity index (χ1n) is 4.05. The van der Waals surface area contributed by atoms with Crippen LogP contribution in [0.2, 0.25) is 5.02 Å². The number of hydrogen-bond donors (Lipinski definition) is 1. The van der Waals surface area contributed by atoms with Crippen LogP contribution in [0.25, 0.3) is 0 Å². The number of aryl methyl sites for hydroxylation is 1. The lowest BCUT2D eigenvalue weighted by atomic mass is 10.1. The molecule has 1 aliphatic rings. The minimum atomic E-state index is 0.817. The van der Waals surface area contributed by atoms with Crippen molar-refractivity contribution >= 4 is 11.6 Å². The Kier molecular flexibility index (Phi) is 1.81. The van der Waals surface area contributed by atoms with Crippen molar-refractivity contribution < 1.29 is 0 Å². The molecule has 0 radical (unpaired) electrons. The first-order valence-corrected chi connectivity index (χ1v) is 4.43. The summed E-state index contributed by atoms with van der Waals surface area (Å²) in [5.74, 6) is 0. The van der Waals surface area contributed by atoms with Crippen LogP contribution in [0.5, 0.6) is 0 Å². The predicted molar refractivity (Wildman–Crippen MR) is 49.3 cm³/mol. The van der Waals surface area contributed by atoms with Crippen LogP contribution in [-0.4, -0.2) is 4.98 Å². The number of fused-ring (bicyclic) bond motifs is 1. The van der Waals surface area contributed by atoms with Gasteiger partial charge in [-0.1, -0.05) is 11.6 Å². The molecule has 3 heteroatoms. The smallest absolute Gasteiger partial charge is 0.0651 e. The van der Waals surface area contributed by atoms with Gasteiger partial charge in [0.25, 0.3) is 0 Å². The molecule has 2 rings (SSSR count). The topological polar surface area (TPSA) is 24.9 Å². The molecule has 0 bridgehead atoms. The van der Waals surface area contributed by atoms with Crippen LogP contribution in [0.3, 0.4) is 0 Å². The second-order valence-electron chi connectivity index (χ2n) is 3.16. The Morgan fingerprint density at radius 1 is 1.33 bits per heavy atom. The molecule has 12 heavy (non-hydrogen) atoms. The van der Waals surface area contributed by atoms with Crippen LogP contribution in [0, 0.1) is 13.8 Å². The maximum absolute atomic E-state index is 6.07. The highest BCUT2D eigenvalue weighted by Crippen LogP contribution is 2.26. The number of aromatic nitrogens is 1. The standard InChI is InChI=1S/C9H11ClN2/c1-5-7-3-11-4-8(7)12-6(2)9(5)10/h11H,3-4H2,1-2H3. The van der Waals surface area contributed by atoms with E-state index in [0.717, 1.165) is 29.5 Å². The van der Waals surface area contributed by atoms with E-state index in [-0.39, 0.29) is 0 Å². The minimum Gasteiger partial charge on any atom is -0.307 e. The lowest BCUT2D eigenvalue weighted by Gasteiger charge is -2.06. The molecule has 0 aliphatic carbocycles. The summed E-state index contributed by atoms with van der Waals surface area (Å²) in [6.45, 7) is 5.80. The van der Waals surface area contributed by atoms with Crippen LogP contribution >= 0.6 is 11.6 Å². The summed E-state index contributed by atoms with van der Waals surface area (Å²) >= 11 is 6.07. The van der Waals surface area contributed by atoms with Crippen molar-refractivity contribution in [1.82, 2.24) is 10.3 Å². The second-order valence-corrected chi connectivity index (χ2v) is 3.54. The van der Waals surface area contributed by atoms with Crippen molar-refractivity contribution in [3.63, 3.8) is 0 Å². The van der Waals surface area contributed by atoms with Gasteiger partial charge in [0.1, 0.15) is 0 Å². The lowest BCUT2D eigenvalue weighted by molar-refractivity contribution is 0.756. The molecule has 0 aromatic carbocycles. The SMILES string of the molecule is Cc1nc2c(c(C)c1Cl)CNC2. The average molecular weight is 183 g/mol. The summed E-state index contributed by atoms with van der Waals surface area (Å²) in [6, 6.07) is 0. The Bertz CT molecular complexity index is 334. The number of pyridine rings is 1. The van der Waals surface area contributed by atoms with Crippen LogP contribution in [0.15, 0.2) is 0 Å². The third-order valence-electron chi connectivity index (χ3n) is 2.34. The number of rotatable bonds is 0. The highest BCUT2D eigenvalue weighted by Gasteiger charge is 2.17. The molecule has 1 aliphatic heterocycles. The first-order chi connectivity index (χ1) is 5.70. The fraction of sp³-hybridized carbons (Fsp3) is 0.444. The van der Waals surface area contributed by atoms with E-state index in [4.69, 9.17) is 11.6 Å². The molecule has 0 spiro atoms. The first kappa shape index (κ1) is 8.02. The van der Waals surface area contributed by atoms with Crippen molar-refractivity contribution in [3.8, 4) is 0 Å². The number of nitrogens with one attached hydrogen (secondary N) is 1. The number of nitrogens with zero attached hydrogens (tertiary/aromatic N) is 1. The van der Waals surface area contributed by atoms with Gasteiger partial charge in [-0.3, -0.25) is 4.98 Å². The third kappa shape index (κ3) is 1.03. The zero-order valence-electron chi connectivity index (χ0n) is 7.24. The van der Waals surface area contributed by atoms with E-state index in [1.54, 1.807) is 0 Å². The maximum Gasteiger partial charge on any atom is 0.0651 e. The van der Waals surface area contributed by atoms with Gasteiger partial charge in [-0.25, -0.2) is 0 Å². The van der Waals surface area contributed by atoms with Crippen molar-refractivity contribution in [2.45, 2.75) is 26.9 Å². The van der Waals surface area contributed by atoms with Gasteiger partial charge >= 0.3 is 0 Å². The fourth-order valence-electron chi connectivity index (χ4n) is 1.63. The quantitative estimate of drug-likeness (QED) is 0.664. The summed E-state index contributed by atoms with van der Waals surface area (Å²) in [4.78, 5) is 4.42. The van der Waals surface area contributed by atoms with Crippen molar-refractivity contribution in [3.05, 3.63) is 27.5 Å². The molecule has 1 aromatic rings. The van der Waals surface area contributed by atoms with E-state index < -0.39 is 0 Å². The molecular formula is C9H11ClN2. The number of halogens is 1. The van der Waals surface area contributed by atoms with Gasteiger partial charge in [0.15, 0.2) is 0 Å². The van der Waals surface area contributed by atoms with Gasteiger partial charge < -0.3 is 5.32 Å². The van der Waals surface area contributed by atoms with Gasteiger partial charge in [0, 0.05) is 13.1 Å². The number of hydrogen-bond acceptors (Lipinski definition) is 2. The average Bonchev–Trinajstić information content (AvgIpc) is 2.48. The van der Waals surface area contributed by atoms with Crippen molar-refractivity contribution in [1.29, 1.82) is 0 Å². The Hall–Kier alpha value is -0.600. The summed E-state index contributed by atoms with van der Waals surface area (Å²) in [5, 5.41) is 4.08. The second kappa shape index (κ2) is 2.71. The molecule has 0 unspecified atom stereocenters. The summed E-state index contributed by atoms with van der Waals surface area (Å²) in [6.07, 6.45) is 0. The van der Waals surface area contributed by atoms with Gasteiger partial charge in [0.05, 0.1) is 16.4 Å². The molecule has 2 heterocycles. The monoisotopic (exact) mass is 182 g/mol. The van der Waals surface area contributed by atoms with Gasteiger partial charge in [-0.15, -0.1) is 0 Å². The molecule has 0 amide bonds. The van der Waals surface area contributed by atoms with E-state index in [9.17, 15) is 0 Å². The highest BCUT2D eigenvalue weighted by molar-refractivity contribution is 6.32. The lowest BCUT2D eigenvalue weighted by Crippen LogP contribution is -2.00. The molecular weight excluding hydrogens is 172 g/mol.